The molecule has 0 fully saturated rings. The number of hydrogen-bond donors (Lipinski definition) is 2. The molecule has 1 rings (SSSR count). The Kier molecular flexibility index (Phi) is 5.02. The van der Waals surface area contributed by atoms with Gasteiger partial charge in [0.2, 0.25) is 15.9 Å². The maximum atomic E-state index is 11.9. The van der Waals surface area contributed by atoms with Crippen molar-refractivity contribution in [2.75, 3.05) is 0 Å². The Balaban J connectivity index is 2.84. The van der Waals surface area contributed by atoms with Gasteiger partial charge in [-0.2, -0.15) is 0 Å². The maximum Gasteiger partial charge on any atom is 0.241 e. The van der Waals surface area contributed by atoms with E-state index in [1.54, 1.807) is 6.07 Å². The second-order valence-electron chi connectivity index (χ2n) is 3.81. The lowest BCUT2D eigenvalue weighted by Crippen LogP contribution is -2.48. The Morgan fingerprint density at radius 3 is 2.32 bits per heavy atom. The molecular weight excluding hydrogens is 272 g/mol. The van der Waals surface area contributed by atoms with Gasteiger partial charge in [-0.25, -0.2) is 13.1 Å². The van der Waals surface area contributed by atoms with Crippen molar-refractivity contribution in [2.24, 2.45) is 5.73 Å². The first-order valence-corrected chi connectivity index (χ1v) is 6.88. The number of nitrogens with two attached hydrogens (primary N) is 1. The minimum atomic E-state index is -3.98. The molecule has 8 heteroatoms. The van der Waals surface area contributed by atoms with Gasteiger partial charge in [0.25, 0.3) is 0 Å². The molecule has 0 aromatic heterocycles. The van der Waals surface area contributed by atoms with Gasteiger partial charge in [-0.05, 0) is 18.6 Å². The number of sulfonamides is 1. The van der Waals surface area contributed by atoms with Crippen LogP contribution in [0, 0.1) is 0 Å². The minimum Gasteiger partial charge on any atom is -0.548 e. The zero-order valence-corrected chi connectivity index (χ0v) is 10.7. The molecule has 0 unspecified atom stereocenters. The molecule has 104 valence electrons. The van der Waals surface area contributed by atoms with E-state index in [1.165, 1.54) is 24.3 Å². The van der Waals surface area contributed by atoms with E-state index >= 15 is 0 Å². The van der Waals surface area contributed by atoms with Crippen molar-refractivity contribution >= 4 is 21.9 Å². The highest BCUT2D eigenvalue weighted by Gasteiger charge is 2.21. The summed E-state index contributed by atoms with van der Waals surface area (Å²) in [6.07, 6.45) is -0.514. The normalized spacial score (nSPS) is 12.8. The summed E-state index contributed by atoms with van der Waals surface area (Å²) in [4.78, 5) is 21.4. The molecule has 1 atom stereocenters. The standard InChI is InChI=1S/C11H14N2O5S/c12-10(14)7-6-9(11(15)16)13-19(17,18)8-4-2-1-3-5-8/h1-5,9,13H,6-7H2,(H2,12,14)(H,15,16)/p-1/t9-/m0/s1. The molecule has 0 saturated heterocycles. The van der Waals surface area contributed by atoms with Crippen LogP contribution < -0.4 is 15.6 Å². The van der Waals surface area contributed by atoms with E-state index in [-0.39, 0.29) is 17.7 Å². The number of carbonyl (C=O) groups excluding carboxylic acids is 2. The number of benzene rings is 1. The summed E-state index contributed by atoms with van der Waals surface area (Å²) in [5, 5.41) is 10.8. The summed E-state index contributed by atoms with van der Waals surface area (Å²) in [6.45, 7) is 0. The Labute approximate surface area is 110 Å². The Morgan fingerprint density at radius 1 is 1.26 bits per heavy atom. The van der Waals surface area contributed by atoms with E-state index < -0.39 is 27.9 Å². The quantitative estimate of drug-likeness (QED) is 0.620. The van der Waals surface area contributed by atoms with Gasteiger partial charge in [0, 0.05) is 6.42 Å². The van der Waals surface area contributed by atoms with Gasteiger partial charge in [0.15, 0.2) is 0 Å². The van der Waals surface area contributed by atoms with Gasteiger partial charge < -0.3 is 15.6 Å². The summed E-state index contributed by atoms with van der Waals surface area (Å²) in [5.41, 5.74) is 4.89. The number of amides is 1. The number of carboxylic acid groups (broad SMARTS) is 1. The average Bonchev–Trinajstić information content (AvgIpc) is 2.35. The van der Waals surface area contributed by atoms with Crippen molar-refractivity contribution in [3.05, 3.63) is 30.3 Å². The molecule has 1 amide bonds. The van der Waals surface area contributed by atoms with Crippen LogP contribution in [0.5, 0.6) is 0 Å². The lowest BCUT2D eigenvalue weighted by molar-refractivity contribution is -0.308. The molecule has 0 aliphatic heterocycles. The fourth-order valence-corrected chi connectivity index (χ4v) is 2.61. The fourth-order valence-electron chi connectivity index (χ4n) is 1.37. The van der Waals surface area contributed by atoms with Crippen LogP contribution in [0.4, 0.5) is 0 Å². The van der Waals surface area contributed by atoms with Crippen LogP contribution in [-0.4, -0.2) is 26.3 Å². The van der Waals surface area contributed by atoms with Crippen molar-refractivity contribution in [2.45, 2.75) is 23.8 Å². The number of rotatable bonds is 7. The third-order valence-electron chi connectivity index (χ3n) is 2.31. The van der Waals surface area contributed by atoms with Gasteiger partial charge in [-0.3, -0.25) is 4.79 Å². The Bertz CT molecular complexity index is 556. The highest BCUT2D eigenvalue weighted by atomic mass is 32.2. The molecule has 0 spiro atoms. The molecule has 1 aromatic carbocycles. The predicted octanol–water partition coefficient (Wildman–Crippen LogP) is -1.65. The molecule has 0 heterocycles. The SMILES string of the molecule is NC(=O)CC[C@H](NS(=O)(=O)c1ccccc1)C(=O)[O-]. The molecule has 0 radical (unpaired) electrons. The fraction of sp³-hybridized carbons (Fsp3) is 0.273. The van der Waals surface area contributed by atoms with E-state index in [1.807, 2.05) is 4.72 Å². The lowest BCUT2D eigenvalue weighted by Gasteiger charge is -2.19. The first kappa shape index (κ1) is 15.1. The number of hydrogen-bond acceptors (Lipinski definition) is 5. The third-order valence-corrected chi connectivity index (χ3v) is 3.80. The molecule has 19 heavy (non-hydrogen) atoms. The lowest BCUT2D eigenvalue weighted by atomic mass is 10.2. The number of aliphatic carboxylic acids is 1. The van der Waals surface area contributed by atoms with Crippen LogP contribution in [0.1, 0.15) is 12.8 Å². The van der Waals surface area contributed by atoms with Crippen molar-refractivity contribution in [3.63, 3.8) is 0 Å². The maximum absolute atomic E-state index is 11.9. The molecule has 0 aliphatic rings. The highest BCUT2D eigenvalue weighted by molar-refractivity contribution is 7.89. The van der Waals surface area contributed by atoms with Gasteiger partial charge in [-0.1, -0.05) is 18.2 Å². The van der Waals surface area contributed by atoms with Gasteiger partial charge >= 0.3 is 0 Å². The van der Waals surface area contributed by atoms with E-state index in [2.05, 4.69) is 0 Å². The highest BCUT2D eigenvalue weighted by Crippen LogP contribution is 2.09. The van der Waals surface area contributed by atoms with E-state index in [0.29, 0.717) is 0 Å². The third kappa shape index (κ3) is 4.68. The minimum absolute atomic E-state index is 0.0691. The first-order chi connectivity index (χ1) is 8.83. The molecule has 0 saturated carbocycles. The van der Waals surface area contributed by atoms with Crippen LogP contribution in [0.15, 0.2) is 35.2 Å². The monoisotopic (exact) mass is 285 g/mol. The average molecular weight is 285 g/mol. The van der Waals surface area contributed by atoms with Crippen molar-refractivity contribution in [3.8, 4) is 0 Å². The summed E-state index contributed by atoms with van der Waals surface area (Å²) >= 11 is 0. The smallest absolute Gasteiger partial charge is 0.241 e. The molecule has 3 N–H and O–H groups in total. The van der Waals surface area contributed by atoms with E-state index in [9.17, 15) is 23.1 Å². The largest absolute Gasteiger partial charge is 0.548 e. The molecule has 1 aromatic rings. The number of primary amides is 1. The topological polar surface area (TPSA) is 129 Å². The summed E-state index contributed by atoms with van der Waals surface area (Å²) in [5.74, 6) is -2.33. The molecule has 0 aliphatic carbocycles. The number of carboxylic acids is 1. The molecule has 7 nitrogen and oxygen atoms in total. The second kappa shape index (κ2) is 6.30. The molecule has 0 bridgehead atoms. The van der Waals surface area contributed by atoms with Gasteiger partial charge in [0.05, 0.1) is 16.9 Å². The summed E-state index contributed by atoms with van der Waals surface area (Å²) in [7, 11) is -3.98. The summed E-state index contributed by atoms with van der Waals surface area (Å²) in [6, 6.07) is 5.78. The summed E-state index contributed by atoms with van der Waals surface area (Å²) < 4.78 is 25.7. The zero-order valence-electron chi connectivity index (χ0n) is 9.91. The van der Waals surface area contributed by atoms with Crippen LogP contribution in [0.2, 0.25) is 0 Å². The van der Waals surface area contributed by atoms with E-state index in [4.69, 9.17) is 5.73 Å². The van der Waals surface area contributed by atoms with Crippen LogP contribution in [0.25, 0.3) is 0 Å². The predicted molar refractivity (Wildman–Crippen MR) is 64.0 cm³/mol. The van der Waals surface area contributed by atoms with E-state index in [0.717, 1.165) is 0 Å². The van der Waals surface area contributed by atoms with Crippen molar-refractivity contribution < 1.29 is 23.1 Å². The zero-order chi connectivity index (χ0) is 14.5. The molecular formula is C11H13N2O5S-. The number of nitrogens with one attached hydrogen (secondary N) is 1. The van der Waals surface area contributed by atoms with Gasteiger partial charge in [-0.15, -0.1) is 0 Å². The Hall–Kier alpha value is -1.93. The van der Waals surface area contributed by atoms with Crippen molar-refractivity contribution in [1.29, 1.82) is 0 Å². The van der Waals surface area contributed by atoms with Crippen molar-refractivity contribution in [1.82, 2.24) is 4.72 Å². The first-order valence-electron chi connectivity index (χ1n) is 5.39. The van der Waals surface area contributed by atoms with Crippen LogP contribution in [0.3, 0.4) is 0 Å². The Morgan fingerprint density at radius 2 is 1.84 bits per heavy atom. The van der Waals surface area contributed by atoms with Gasteiger partial charge in [0.1, 0.15) is 0 Å². The number of carbonyl (C=O) groups is 2. The van der Waals surface area contributed by atoms with Crippen LogP contribution >= 0.6 is 0 Å². The van der Waals surface area contributed by atoms with Crippen LogP contribution in [-0.2, 0) is 19.6 Å². The second-order valence-corrected chi connectivity index (χ2v) is 5.52.